The fourth-order valence-electron chi connectivity index (χ4n) is 1.53. The largest absolute Gasteiger partial charge is 0.293 e. The Labute approximate surface area is 99.7 Å². The van der Waals surface area contributed by atoms with Gasteiger partial charge >= 0.3 is 0 Å². The van der Waals surface area contributed by atoms with Crippen molar-refractivity contribution in [1.29, 1.82) is 5.26 Å². The summed E-state index contributed by atoms with van der Waals surface area (Å²) in [7, 11) is 1.73. The number of hydrogen-bond donors (Lipinski definition) is 1. The minimum absolute atomic E-state index is 0.427. The van der Waals surface area contributed by atoms with Crippen molar-refractivity contribution < 1.29 is 0 Å². The van der Waals surface area contributed by atoms with Crippen LogP contribution in [0.4, 0.5) is 0 Å². The van der Waals surface area contributed by atoms with Gasteiger partial charge in [0.05, 0.1) is 12.3 Å². The Balaban J connectivity index is 2.00. The summed E-state index contributed by atoms with van der Waals surface area (Å²) in [5, 5.41) is 20.3. The zero-order valence-electron chi connectivity index (χ0n) is 9.54. The standard InChI is InChI=1S/C12H13N5/c1-17-15-9-12(16-17)11(7-13)14-8-10-5-3-2-4-6-10/h2-6,9,11,14H,8H2,1H3. The number of nitrogens with zero attached hydrogens (tertiary/aromatic N) is 4. The molecule has 2 aromatic rings. The molecular formula is C12H13N5. The molecule has 0 aliphatic heterocycles. The third-order valence-electron chi connectivity index (χ3n) is 2.40. The maximum atomic E-state index is 9.08. The Kier molecular flexibility index (Phi) is 3.48. The van der Waals surface area contributed by atoms with Crippen LogP contribution in [0.25, 0.3) is 0 Å². The highest BCUT2D eigenvalue weighted by Gasteiger charge is 2.13. The van der Waals surface area contributed by atoms with Gasteiger partial charge in [0.2, 0.25) is 0 Å². The number of benzene rings is 1. The molecular weight excluding hydrogens is 214 g/mol. The van der Waals surface area contributed by atoms with E-state index in [0.29, 0.717) is 12.2 Å². The zero-order chi connectivity index (χ0) is 12.1. The SMILES string of the molecule is Cn1ncc(C(C#N)NCc2ccccc2)n1. The third-order valence-corrected chi connectivity index (χ3v) is 2.40. The van der Waals surface area contributed by atoms with Crippen molar-refractivity contribution in [1.82, 2.24) is 20.3 Å². The lowest BCUT2D eigenvalue weighted by molar-refractivity contribution is 0.590. The molecule has 0 spiro atoms. The monoisotopic (exact) mass is 227 g/mol. The highest BCUT2D eigenvalue weighted by atomic mass is 15.4. The maximum absolute atomic E-state index is 9.08. The quantitative estimate of drug-likeness (QED) is 0.851. The third kappa shape index (κ3) is 2.89. The van der Waals surface area contributed by atoms with E-state index in [-0.39, 0.29) is 0 Å². The summed E-state index contributed by atoms with van der Waals surface area (Å²) in [6.45, 7) is 0.635. The zero-order valence-corrected chi connectivity index (χ0v) is 9.54. The van der Waals surface area contributed by atoms with Crippen LogP contribution in [0, 0.1) is 11.3 Å². The number of nitrogens with one attached hydrogen (secondary N) is 1. The number of rotatable bonds is 4. The van der Waals surface area contributed by atoms with Gasteiger partial charge in [0.15, 0.2) is 0 Å². The first kappa shape index (κ1) is 11.3. The molecule has 0 radical (unpaired) electrons. The highest BCUT2D eigenvalue weighted by Crippen LogP contribution is 2.08. The topological polar surface area (TPSA) is 66.5 Å². The van der Waals surface area contributed by atoms with Crippen LogP contribution in [-0.2, 0) is 13.6 Å². The van der Waals surface area contributed by atoms with E-state index in [9.17, 15) is 0 Å². The summed E-state index contributed by atoms with van der Waals surface area (Å²) >= 11 is 0. The maximum Gasteiger partial charge on any atom is 0.142 e. The van der Waals surface area contributed by atoms with Crippen LogP contribution in [0.1, 0.15) is 17.3 Å². The molecule has 2 rings (SSSR count). The van der Waals surface area contributed by atoms with Gasteiger partial charge in [-0.25, -0.2) is 0 Å². The molecule has 86 valence electrons. The molecule has 0 aliphatic rings. The van der Waals surface area contributed by atoms with E-state index in [1.807, 2.05) is 30.3 Å². The van der Waals surface area contributed by atoms with Gasteiger partial charge in [0.25, 0.3) is 0 Å². The minimum atomic E-state index is -0.427. The molecule has 1 atom stereocenters. The van der Waals surface area contributed by atoms with E-state index in [2.05, 4.69) is 21.6 Å². The lowest BCUT2D eigenvalue weighted by Crippen LogP contribution is -2.20. The Bertz CT molecular complexity index is 511. The molecule has 5 nitrogen and oxygen atoms in total. The molecule has 1 N–H and O–H groups in total. The van der Waals surface area contributed by atoms with E-state index >= 15 is 0 Å². The van der Waals surface area contributed by atoms with Gasteiger partial charge in [-0.3, -0.25) is 5.32 Å². The molecule has 0 aliphatic carbocycles. The Morgan fingerprint density at radius 1 is 1.41 bits per heavy atom. The van der Waals surface area contributed by atoms with Crippen molar-refractivity contribution in [2.45, 2.75) is 12.6 Å². The molecule has 0 amide bonds. The lowest BCUT2D eigenvalue weighted by atomic mass is 10.2. The van der Waals surface area contributed by atoms with Gasteiger partial charge in [-0.05, 0) is 5.56 Å². The normalized spacial score (nSPS) is 12.0. The van der Waals surface area contributed by atoms with Crippen LogP contribution in [-0.4, -0.2) is 15.0 Å². The second-order valence-electron chi connectivity index (χ2n) is 3.69. The summed E-state index contributed by atoms with van der Waals surface area (Å²) < 4.78 is 0. The molecule has 1 heterocycles. The summed E-state index contributed by atoms with van der Waals surface area (Å²) in [5.74, 6) is 0. The van der Waals surface area contributed by atoms with Crippen molar-refractivity contribution in [3.63, 3.8) is 0 Å². The van der Waals surface area contributed by atoms with Crippen molar-refractivity contribution in [3.05, 3.63) is 47.8 Å². The van der Waals surface area contributed by atoms with Gasteiger partial charge in [-0.2, -0.15) is 20.3 Å². The molecule has 17 heavy (non-hydrogen) atoms. The molecule has 1 aromatic heterocycles. The lowest BCUT2D eigenvalue weighted by Gasteiger charge is -2.08. The average Bonchev–Trinajstić information content (AvgIpc) is 2.78. The Hall–Kier alpha value is -2.19. The van der Waals surface area contributed by atoms with Crippen LogP contribution in [0.15, 0.2) is 36.5 Å². The molecule has 5 heteroatoms. The van der Waals surface area contributed by atoms with Gasteiger partial charge in [-0.15, -0.1) is 0 Å². The smallest absolute Gasteiger partial charge is 0.142 e. The predicted molar refractivity (Wildman–Crippen MR) is 62.6 cm³/mol. The Morgan fingerprint density at radius 3 is 2.76 bits per heavy atom. The van der Waals surface area contributed by atoms with Gasteiger partial charge in [-0.1, -0.05) is 30.3 Å². The van der Waals surface area contributed by atoms with E-state index in [1.165, 1.54) is 4.80 Å². The van der Waals surface area contributed by atoms with Gasteiger partial charge in [0, 0.05) is 13.6 Å². The number of hydrogen-bond acceptors (Lipinski definition) is 4. The van der Waals surface area contributed by atoms with Crippen LogP contribution in [0.3, 0.4) is 0 Å². The predicted octanol–water partition coefficient (Wildman–Crippen LogP) is 1.17. The van der Waals surface area contributed by atoms with Crippen LogP contribution < -0.4 is 5.32 Å². The Morgan fingerprint density at radius 2 is 2.18 bits per heavy atom. The van der Waals surface area contributed by atoms with E-state index in [0.717, 1.165) is 5.56 Å². The van der Waals surface area contributed by atoms with Gasteiger partial charge in [0.1, 0.15) is 11.7 Å². The fraction of sp³-hybridized carbons (Fsp3) is 0.250. The van der Waals surface area contributed by atoms with E-state index < -0.39 is 6.04 Å². The van der Waals surface area contributed by atoms with Crippen LogP contribution >= 0.6 is 0 Å². The molecule has 1 unspecified atom stereocenters. The van der Waals surface area contributed by atoms with E-state index in [1.54, 1.807) is 13.2 Å². The van der Waals surface area contributed by atoms with E-state index in [4.69, 9.17) is 5.26 Å². The van der Waals surface area contributed by atoms with Crippen LogP contribution in [0.5, 0.6) is 0 Å². The average molecular weight is 227 g/mol. The first-order valence-electron chi connectivity index (χ1n) is 5.33. The number of aryl methyl sites for hydroxylation is 1. The molecule has 1 aromatic carbocycles. The van der Waals surface area contributed by atoms with Crippen molar-refractivity contribution >= 4 is 0 Å². The van der Waals surface area contributed by atoms with Crippen molar-refractivity contribution in [3.8, 4) is 6.07 Å². The first-order valence-corrected chi connectivity index (χ1v) is 5.33. The first-order chi connectivity index (χ1) is 8.29. The number of aromatic nitrogens is 3. The minimum Gasteiger partial charge on any atom is -0.293 e. The molecule has 0 bridgehead atoms. The summed E-state index contributed by atoms with van der Waals surface area (Å²) in [5.41, 5.74) is 1.78. The summed E-state index contributed by atoms with van der Waals surface area (Å²) in [4.78, 5) is 1.45. The molecule has 0 fully saturated rings. The molecule has 0 saturated carbocycles. The highest BCUT2D eigenvalue weighted by molar-refractivity contribution is 5.16. The van der Waals surface area contributed by atoms with Crippen LogP contribution in [0.2, 0.25) is 0 Å². The molecule has 0 saturated heterocycles. The number of nitriles is 1. The van der Waals surface area contributed by atoms with Crippen molar-refractivity contribution in [2.24, 2.45) is 7.05 Å². The summed E-state index contributed by atoms with van der Waals surface area (Å²) in [6, 6.07) is 11.7. The second-order valence-corrected chi connectivity index (χ2v) is 3.69. The summed E-state index contributed by atoms with van der Waals surface area (Å²) in [6.07, 6.45) is 1.60. The van der Waals surface area contributed by atoms with Gasteiger partial charge < -0.3 is 0 Å². The fourth-order valence-corrected chi connectivity index (χ4v) is 1.53. The second kappa shape index (κ2) is 5.23. The van der Waals surface area contributed by atoms with Crippen molar-refractivity contribution in [2.75, 3.05) is 0 Å².